The predicted molar refractivity (Wildman–Crippen MR) is 95.0 cm³/mol. The normalized spacial score (nSPS) is 20.4. The number of nitrogens with zero attached hydrogens (tertiary/aromatic N) is 4. The quantitative estimate of drug-likeness (QED) is 0.897. The second kappa shape index (κ2) is 7.62. The van der Waals surface area contributed by atoms with Crippen LogP contribution < -0.4 is 5.32 Å². The molecule has 1 aromatic heterocycles. The molecule has 3 heterocycles. The first-order valence-electron chi connectivity index (χ1n) is 9.45. The van der Waals surface area contributed by atoms with Gasteiger partial charge in [0.15, 0.2) is 11.6 Å². The summed E-state index contributed by atoms with van der Waals surface area (Å²) in [5, 5.41) is 7.26. The van der Waals surface area contributed by atoms with Gasteiger partial charge in [-0.05, 0) is 43.2 Å². The van der Waals surface area contributed by atoms with Gasteiger partial charge in [0.2, 0.25) is 0 Å². The van der Waals surface area contributed by atoms with Gasteiger partial charge in [0.1, 0.15) is 12.2 Å². The lowest BCUT2D eigenvalue weighted by atomic mass is 9.90. The number of amides is 2. The molecule has 8 heteroatoms. The van der Waals surface area contributed by atoms with Crippen molar-refractivity contribution in [2.24, 2.45) is 5.92 Å². The fraction of sp³-hybridized carbons (Fsp3) is 0.526. The summed E-state index contributed by atoms with van der Waals surface area (Å²) in [6.45, 7) is 1.92. The highest BCUT2D eigenvalue weighted by molar-refractivity contribution is 5.74. The highest BCUT2D eigenvalue weighted by Gasteiger charge is 2.27. The molecule has 0 radical (unpaired) electrons. The molecule has 2 amide bonds. The summed E-state index contributed by atoms with van der Waals surface area (Å²) < 4.78 is 29.0. The van der Waals surface area contributed by atoms with Crippen molar-refractivity contribution in [3.63, 3.8) is 0 Å². The molecule has 1 saturated heterocycles. The largest absolute Gasteiger partial charge is 0.333 e. The molecule has 0 aliphatic carbocycles. The number of likely N-dealkylation sites (tertiary alicyclic amines) is 1. The maximum atomic E-state index is 13.8. The standard InChI is InChI=1S/C19H23F2N5O/c20-16-3-1-2-14(18(16)21)10-13-6-8-25(9-7-13)19(27)24-15-4-5-17-22-12-23-26(17)11-15/h1-3,12-13,15H,4-11H2,(H,24,27)/t15-/m1/s1. The minimum absolute atomic E-state index is 0.0565. The molecule has 27 heavy (non-hydrogen) atoms. The van der Waals surface area contributed by atoms with Crippen LogP contribution in [0.25, 0.3) is 0 Å². The van der Waals surface area contributed by atoms with Crippen molar-refractivity contribution in [1.29, 1.82) is 0 Å². The van der Waals surface area contributed by atoms with E-state index in [1.165, 1.54) is 0 Å². The van der Waals surface area contributed by atoms with Crippen molar-refractivity contribution in [2.75, 3.05) is 13.1 Å². The Bertz CT molecular complexity index is 816. The first-order chi connectivity index (χ1) is 13.1. The maximum Gasteiger partial charge on any atom is 0.317 e. The Labute approximate surface area is 156 Å². The molecule has 1 aromatic carbocycles. The van der Waals surface area contributed by atoms with E-state index in [2.05, 4.69) is 15.4 Å². The molecule has 6 nitrogen and oxygen atoms in total. The van der Waals surface area contributed by atoms with Crippen molar-refractivity contribution in [2.45, 2.75) is 44.7 Å². The van der Waals surface area contributed by atoms with E-state index in [0.29, 0.717) is 31.6 Å². The maximum absolute atomic E-state index is 13.8. The van der Waals surface area contributed by atoms with Crippen LogP contribution in [0.5, 0.6) is 0 Å². The fourth-order valence-electron chi connectivity index (χ4n) is 3.98. The smallest absolute Gasteiger partial charge is 0.317 e. The van der Waals surface area contributed by atoms with Gasteiger partial charge >= 0.3 is 6.03 Å². The number of aromatic nitrogens is 3. The van der Waals surface area contributed by atoms with E-state index in [-0.39, 0.29) is 18.0 Å². The summed E-state index contributed by atoms with van der Waals surface area (Å²) in [5.74, 6) is -0.321. The van der Waals surface area contributed by atoms with Gasteiger partial charge in [-0.3, -0.25) is 0 Å². The van der Waals surface area contributed by atoms with E-state index in [1.807, 2.05) is 9.58 Å². The van der Waals surface area contributed by atoms with Gasteiger partial charge in [-0.2, -0.15) is 5.10 Å². The number of urea groups is 1. The number of halogens is 2. The first-order valence-corrected chi connectivity index (χ1v) is 9.45. The van der Waals surface area contributed by atoms with Crippen molar-refractivity contribution in [3.05, 3.63) is 47.5 Å². The fourth-order valence-corrected chi connectivity index (χ4v) is 3.98. The third-order valence-electron chi connectivity index (χ3n) is 5.57. The van der Waals surface area contributed by atoms with Crippen LogP contribution in [0.3, 0.4) is 0 Å². The van der Waals surface area contributed by atoms with Crippen molar-refractivity contribution < 1.29 is 13.6 Å². The zero-order chi connectivity index (χ0) is 18.8. The van der Waals surface area contributed by atoms with Crippen LogP contribution in [0.1, 0.15) is 30.7 Å². The van der Waals surface area contributed by atoms with E-state index in [1.54, 1.807) is 18.5 Å². The number of nitrogens with one attached hydrogen (secondary N) is 1. The molecule has 1 fully saturated rings. The van der Waals surface area contributed by atoms with Crippen LogP contribution >= 0.6 is 0 Å². The first kappa shape index (κ1) is 17.9. The monoisotopic (exact) mass is 375 g/mol. The predicted octanol–water partition coefficient (Wildman–Crippen LogP) is 2.54. The molecule has 0 unspecified atom stereocenters. The minimum Gasteiger partial charge on any atom is -0.333 e. The third-order valence-corrected chi connectivity index (χ3v) is 5.57. The minimum atomic E-state index is -0.799. The number of piperidine rings is 1. The molecule has 2 aliphatic rings. The third kappa shape index (κ3) is 3.94. The Morgan fingerprint density at radius 2 is 2.04 bits per heavy atom. The lowest BCUT2D eigenvalue weighted by Gasteiger charge is -2.34. The Kier molecular flexibility index (Phi) is 5.05. The molecule has 0 spiro atoms. The number of fused-ring (bicyclic) bond motifs is 1. The molecule has 0 bridgehead atoms. The van der Waals surface area contributed by atoms with E-state index in [9.17, 15) is 13.6 Å². The van der Waals surface area contributed by atoms with Crippen LogP contribution in [0.2, 0.25) is 0 Å². The van der Waals surface area contributed by atoms with Gasteiger partial charge in [0.25, 0.3) is 0 Å². The average Bonchev–Trinajstić information content (AvgIpc) is 3.14. The number of hydrogen-bond acceptors (Lipinski definition) is 3. The average molecular weight is 375 g/mol. The van der Waals surface area contributed by atoms with E-state index < -0.39 is 11.6 Å². The van der Waals surface area contributed by atoms with Gasteiger partial charge in [0.05, 0.1) is 12.6 Å². The molecule has 2 aromatic rings. The Morgan fingerprint density at radius 1 is 1.22 bits per heavy atom. The number of carbonyl (C=O) groups is 1. The molecule has 144 valence electrons. The zero-order valence-electron chi connectivity index (χ0n) is 15.1. The highest BCUT2D eigenvalue weighted by Crippen LogP contribution is 2.24. The second-order valence-corrected chi connectivity index (χ2v) is 7.39. The molecule has 4 rings (SSSR count). The molecular weight excluding hydrogens is 352 g/mol. The van der Waals surface area contributed by atoms with Crippen molar-refractivity contribution >= 4 is 6.03 Å². The summed E-state index contributed by atoms with van der Waals surface area (Å²) in [5.41, 5.74) is 0.420. The van der Waals surface area contributed by atoms with Crippen LogP contribution in [0, 0.1) is 17.6 Å². The summed E-state index contributed by atoms with van der Waals surface area (Å²) >= 11 is 0. The second-order valence-electron chi connectivity index (χ2n) is 7.39. The van der Waals surface area contributed by atoms with Gasteiger partial charge in [-0.15, -0.1) is 0 Å². The van der Waals surface area contributed by atoms with Gasteiger partial charge in [-0.1, -0.05) is 12.1 Å². The van der Waals surface area contributed by atoms with Crippen LogP contribution in [0.4, 0.5) is 13.6 Å². The Hall–Kier alpha value is -2.51. The number of carbonyl (C=O) groups excluding carboxylic acids is 1. The molecule has 0 saturated carbocycles. The van der Waals surface area contributed by atoms with E-state index >= 15 is 0 Å². The Balaban J connectivity index is 1.26. The molecule has 1 atom stereocenters. The summed E-state index contributed by atoms with van der Waals surface area (Å²) in [6, 6.07) is 4.32. The lowest BCUT2D eigenvalue weighted by Crippen LogP contribution is -2.50. The lowest BCUT2D eigenvalue weighted by molar-refractivity contribution is 0.163. The van der Waals surface area contributed by atoms with Crippen LogP contribution in [-0.2, 0) is 19.4 Å². The molecule has 2 aliphatic heterocycles. The molecule has 1 N–H and O–H groups in total. The van der Waals surface area contributed by atoms with Gasteiger partial charge in [-0.25, -0.2) is 23.2 Å². The van der Waals surface area contributed by atoms with E-state index in [4.69, 9.17) is 0 Å². The van der Waals surface area contributed by atoms with Crippen LogP contribution in [0.15, 0.2) is 24.5 Å². The number of benzene rings is 1. The van der Waals surface area contributed by atoms with Gasteiger partial charge < -0.3 is 10.2 Å². The van der Waals surface area contributed by atoms with E-state index in [0.717, 1.165) is 37.6 Å². The SMILES string of the molecule is O=C(N[C@@H]1CCc2ncnn2C1)N1CCC(Cc2cccc(F)c2F)CC1. The topological polar surface area (TPSA) is 63.1 Å². The number of rotatable bonds is 3. The number of hydrogen-bond donors (Lipinski definition) is 1. The zero-order valence-corrected chi connectivity index (χ0v) is 15.1. The summed E-state index contributed by atoms with van der Waals surface area (Å²) in [4.78, 5) is 18.5. The van der Waals surface area contributed by atoms with Crippen molar-refractivity contribution in [3.8, 4) is 0 Å². The summed E-state index contributed by atoms with van der Waals surface area (Å²) in [7, 11) is 0. The van der Waals surface area contributed by atoms with Crippen molar-refractivity contribution in [1.82, 2.24) is 25.0 Å². The summed E-state index contributed by atoms with van der Waals surface area (Å²) in [6.07, 6.45) is 5.32. The highest BCUT2D eigenvalue weighted by atomic mass is 19.2. The number of aryl methyl sites for hydroxylation is 1. The van der Waals surface area contributed by atoms with Gasteiger partial charge in [0, 0.05) is 19.5 Å². The Morgan fingerprint density at radius 3 is 2.85 bits per heavy atom. The van der Waals surface area contributed by atoms with Crippen LogP contribution in [-0.4, -0.2) is 44.8 Å². The molecular formula is C19H23F2N5O.